The molecule has 1 aromatic heterocycles. The fourth-order valence-electron chi connectivity index (χ4n) is 2.19. The number of piperidine rings is 1. The largest absolute Gasteiger partial charge is 0.491 e. The molecule has 1 unspecified atom stereocenters. The fraction of sp³-hybridized carbons (Fsp3) is 0.636. The van der Waals surface area contributed by atoms with Crippen LogP contribution in [0.5, 0.6) is 5.75 Å². The summed E-state index contributed by atoms with van der Waals surface area (Å²) in [4.78, 5) is 10.5. The van der Waals surface area contributed by atoms with Crippen molar-refractivity contribution >= 4 is 5.82 Å². The molecule has 0 bridgehead atoms. The van der Waals surface area contributed by atoms with Crippen molar-refractivity contribution in [1.29, 1.82) is 0 Å². The van der Waals surface area contributed by atoms with Gasteiger partial charge in [0.25, 0.3) is 0 Å². The van der Waals surface area contributed by atoms with Crippen molar-refractivity contribution in [2.45, 2.75) is 25.3 Å². The van der Waals surface area contributed by atoms with Crippen LogP contribution >= 0.6 is 0 Å². The van der Waals surface area contributed by atoms with E-state index in [1.807, 2.05) is 0 Å². The number of anilines is 1. The summed E-state index contributed by atoms with van der Waals surface area (Å²) < 4.78 is 5.28. The highest BCUT2D eigenvalue weighted by Crippen LogP contribution is 2.29. The standard InChI is InChI=1S/C11H18N4O/c1-16-10-7-13-8-14-11(10)15-5-3-2-4-9(15)6-12/h7-9H,2-6,12H2,1H3. The average molecular weight is 222 g/mol. The molecule has 1 aromatic rings. The summed E-state index contributed by atoms with van der Waals surface area (Å²) in [5.41, 5.74) is 5.80. The minimum Gasteiger partial charge on any atom is -0.491 e. The SMILES string of the molecule is COc1cncnc1N1CCCCC1CN. The molecule has 0 aromatic carbocycles. The third-order valence-corrected chi connectivity index (χ3v) is 3.05. The molecule has 1 aliphatic rings. The highest BCUT2D eigenvalue weighted by molar-refractivity contribution is 5.51. The monoisotopic (exact) mass is 222 g/mol. The predicted octanol–water partition coefficient (Wildman–Crippen LogP) is 0.803. The molecule has 0 saturated carbocycles. The fourth-order valence-corrected chi connectivity index (χ4v) is 2.19. The summed E-state index contributed by atoms with van der Waals surface area (Å²) in [5, 5.41) is 0. The molecule has 88 valence electrons. The van der Waals surface area contributed by atoms with E-state index in [1.54, 1.807) is 19.6 Å². The van der Waals surface area contributed by atoms with Crippen LogP contribution in [0.3, 0.4) is 0 Å². The van der Waals surface area contributed by atoms with Crippen LogP contribution in [0.1, 0.15) is 19.3 Å². The van der Waals surface area contributed by atoms with Crippen LogP contribution in [0.4, 0.5) is 5.82 Å². The third kappa shape index (κ3) is 2.09. The first kappa shape index (κ1) is 11.1. The quantitative estimate of drug-likeness (QED) is 0.819. The molecule has 0 spiro atoms. The summed E-state index contributed by atoms with van der Waals surface area (Å²) in [6, 6.07) is 0.373. The van der Waals surface area contributed by atoms with Gasteiger partial charge in [0.2, 0.25) is 0 Å². The summed E-state index contributed by atoms with van der Waals surface area (Å²) >= 11 is 0. The van der Waals surface area contributed by atoms with E-state index in [0.717, 1.165) is 24.5 Å². The molecule has 1 atom stereocenters. The van der Waals surface area contributed by atoms with E-state index in [-0.39, 0.29) is 0 Å². The Bertz CT molecular complexity index is 345. The van der Waals surface area contributed by atoms with Gasteiger partial charge in [-0.2, -0.15) is 0 Å². The van der Waals surface area contributed by atoms with Gasteiger partial charge in [0.1, 0.15) is 6.33 Å². The number of nitrogens with zero attached hydrogens (tertiary/aromatic N) is 3. The molecule has 0 aliphatic carbocycles. The van der Waals surface area contributed by atoms with E-state index < -0.39 is 0 Å². The summed E-state index contributed by atoms with van der Waals surface area (Å²) in [6.45, 7) is 1.66. The van der Waals surface area contributed by atoms with Crippen LogP contribution in [0, 0.1) is 0 Å². The maximum absolute atomic E-state index is 5.80. The Labute approximate surface area is 95.6 Å². The molecule has 2 rings (SSSR count). The Morgan fingerprint density at radius 3 is 3.19 bits per heavy atom. The lowest BCUT2D eigenvalue weighted by Gasteiger charge is -2.36. The highest BCUT2D eigenvalue weighted by Gasteiger charge is 2.24. The molecular weight excluding hydrogens is 204 g/mol. The van der Waals surface area contributed by atoms with E-state index in [9.17, 15) is 0 Å². The van der Waals surface area contributed by atoms with Gasteiger partial charge in [-0.05, 0) is 19.3 Å². The van der Waals surface area contributed by atoms with Crippen molar-refractivity contribution < 1.29 is 4.74 Å². The van der Waals surface area contributed by atoms with Crippen molar-refractivity contribution in [2.75, 3.05) is 25.1 Å². The normalized spacial score (nSPS) is 20.9. The molecule has 1 fully saturated rings. The first-order valence-electron chi connectivity index (χ1n) is 5.67. The lowest BCUT2D eigenvalue weighted by Crippen LogP contribution is -2.44. The summed E-state index contributed by atoms with van der Waals surface area (Å²) in [7, 11) is 1.64. The highest BCUT2D eigenvalue weighted by atomic mass is 16.5. The van der Waals surface area contributed by atoms with Crippen molar-refractivity contribution in [1.82, 2.24) is 9.97 Å². The molecule has 2 heterocycles. The van der Waals surface area contributed by atoms with Crippen molar-refractivity contribution in [3.63, 3.8) is 0 Å². The number of nitrogens with two attached hydrogens (primary N) is 1. The Morgan fingerprint density at radius 2 is 2.44 bits per heavy atom. The van der Waals surface area contributed by atoms with Crippen molar-refractivity contribution in [3.05, 3.63) is 12.5 Å². The molecular formula is C11H18N4O. The second-order valence-corrected chi connectivity index (χ2v) is 3.99. The summed E-state index contributed by atoms with van der Waals surface area (Å²) in [6.07, 6.45) is 6.81. The van der Waals surface area contributed by atoms with E-state index in [2.05, 4.69) is 14.9 Å². The Balaban J connectivity index is 2.26. The Hall–Kier alpha value is -1.36. The van der Waals surface area contributed by atoms with Crippen LogP contribution in [0.2, 0.25) is 0 Å². The minimum atomic E-state index is 0.373. The summed E-state index contributed by atoms with van der Waals surface area (Å²) in [5.74, 6) is 1.59. The minimum absolute atomic E-state index is 0.373. The molecule has 5 nitrogen and oxygen atoms in total. The smallest absolute Gasteiger partial charge is 0.179 e. The van der Waals surface area contributed by atoms with Crippen LogP contribution in [0.25, 0.3) is 0 Å². The van der Waals surface area contributed by atoms with Gasteiger partial charge in [-0.1, -0.05) is 0 Å². The predicted molar refractivity (Wildman–Crippen MR) is 62.6 cm³/mol. The number of methoxy groups -OCH3 is 1. The van der Waals surface area contributed by atoms with Crippen molar-refractivity contribution in [2.24, 2.45) is 5.73 Å². The average Bonchev–Trinajstić information content (AvgIpc) is 2.38. The molecule has 1 saturated heterocycles. The van der Waals surface area contributed by atoms with E-state index in [4.69, 9.17) is 10.5 Å². The zero-order chi connectivity index (χ0) is 11.4. The molecule has 1 aliphatic heterocycles. The Morgan fingerprint density at radius 1 is 1.56 bits per heavy atom. The first-order chi connectivity index (χ1) is 7.86. The van der Waals surface area contributed by atoms with Gasteiger partial charge in [0, 0.05) is 19.1 Å². The number of aromatic nitrogens is 2. The van der Waals surface area contributed by atoms with Crippen LogP contribution in [-0.2, 0) is 0 Å². The van der Waals surface area contributed by atoms with E-state index in [0.29, 0.717) is 12.6 Å². The van der Waals surface area contributed by atoms with E-state index >= 15 is 0 Å². The molecule has 16 heavy (non-hydrogen) atoms. The van der Waals surface area contributed by atoms with Gasteiger partial charge in [-0.15, -0.1) is 0 Å². The molecule has 0 radical (unpaired) electrons. The lowest BCUT2D eigenvalue weighted by molar-refractivity contribution is 0.400. The number of hydrogen-bond donors (Lipinski definition) is 1. The molecule has 0 amide bonds. The van der Waals surface area contributed by atoms with Gasteiger partial charge in [-0.25, -0.2) is 9.97 Å². The molecule has 5 heteroatoms. The zero-order valence-electron chi connectivity index (χ0n) is 9.59. The van der Waals surface area contributed by atoms with Crippen LogP contribution in [-0.4, -0.2) is 36.2 Å². The number of ether oxygens (including phenoxy) is 1. The zero-order valence-corrected chi connectivity index (χ0v) is 9.59. The van der Waals surface area contributed by atoms with Gasteiger partial charge < -0.3 is 15.4 Å². The second kappa shape index (κ2) is 5.12. The van der Waals surface area contributed by atoms with E-state index in [1.165, 1.54) is 12.8 Å². The number of hydrogen-bond acceptors (Lipinski definition) is 5. The Kier molecular flexibility index (Phi) is 3.56. The second-order valence-electron chi connectivity index (χ2n) is 3.99. The van der Waals surface area contributed by atoms with Gasteiger partial charge >= 0.3 is 0 Å². The number of rotatable bonds is 3. The maximum Gasteiger partial charge on any atom is 0.179 e. The van der Waals surface area contributed by atoms with Crippen molar-refractivity contribution in [3.8, 4) is 5.75 Å². The van der Waals surface area contributed by atoms with Gasteiger partial charge in [-0.3, -0.25) is 0 Å². The van der Waals surface area contributed by atoms with Crippen LogP contribution < -0.4 is 15.4 Å². The topological polar surface area (TPSA) is 64.3 Å². The lowest BCUT2D eigenvalue weighted by atomic mass is 10.0. The first-order valence-corrected chi connectivity index (χ1v) is 5.67. The van der Waals surface area contributed by atoms with Crippen LogP contribution in [0.15, 0.2) is 12.5 Å². The van der Waals surface area contributed by atoms with Gasteiger partial charge in [0.05, 0.1) is 13.3 Å². The molecule has 2 N–H and O–H groups in total. The third-order valence-electron chi connectivity index (χ3n) is 3.05. The maximum atomic E-state index is 5.80. The van der Waals surface area contributed by atoms with Gasteiger partial charge in [0.15, 0.2) is 11.6 Å².